The van der Waals surface area contributed by atoms with E-state index in [0.29, 0.717) is 27.4 Å². The number of hydrogen-bond acceptors (Lipinski definition) is 4. The third-order valence-electron chi connectivity index (χ3n) is 3.09. The first-order chi connectivity index (χ1) is 10.0. The van der Waals surface area contributed by atoms with Crippen molar-refractivity contribution in [2.75, 3.05) is 10.6 Å². The maximum absolute atomic E-state index is 11.6. The smallest absolute Gasteiger partial charge is 0.233 e. The first kappa shape index (κ1) is 13.8. The summed E-state index contributed by atoms with van der Waals surface area (Å²) in [5.41, 5.74) is 1.50. The molecule has 7 heteroatoms. The zero-order valence-electron chi connectivity index (χ0n) is 10.7. The van der Waals surface area contributed by atoms with E-state index in [1.807, 2.05) is 0 Å². The van der Waals surface area contributed by atoms with Crippen molar-refractivity contribution in [3.8, 4) is 0 Å². The number of hydrogen-bond donors (Lipinski definition) is 3. The molecular weight excluding hydrogens is 340 g/mol. The minimum atomic E-state index is -0.961. The number of furan rings is 1. The van der Waals surface area contributed by atoms with Crippen LogP contribution in [0.25, 0.3) is 0 Å². The van der Waals surface area contributed by atoms with Gasteiger partial charge in [0.2, 0.25) is 11.8 Å². The second-order valence-corrected chi connectivity index (χ2v) is 5.40. The van der Waals surface area contributed by atoms with E-state index in [1.165, 1.54) is 0 Å². The van der Waals surface area contributed by atoms with Gasteiger partial charge in [0.25, 0.3) is 0 Å². The van der Waals surface area contributed by atoms with E-state index in [0.717, 1.165) is 0 Å². The van der Waals surface area contributed by atoms with Crippen LogP contribution >= 0.6 is 15.9 Å². The molecule has 0 saturated heterocycles. The van der Waals surface area contributed by atoms with Crippen LogP contribution in [0.2, 0.25) is 0 Å². The number of anilines is 2. The lowest BCUT2D eigenvalue weighted by molar-refractivity contribution is -0.123. The Bertz CT molecular complexity index is 726. The van der Waals surface area contributed by atoms with E-state index in [9.17, 15) is 14.7 Å². The number of nitrogens with one attached hydrogen (secondary N) is 2. The predicted molar refractivity (Wildman–Crippen MR) is 78.8 cm³/mol. The number of carbonyl (C=O) groups excluding carboxylic acids is 2. The molecule has 3 N–H and O–H groups in total. The zero-order chi connectivity index (χ0) is 15.0. The molecule has 0 radical (unpaired) electrons. The Labute approximate surface area is 128 Å². The number of halogens is 1. The Kier molecular flexibility index (Phi) is 3.52. The summed E-state index contributed by atoms with van der Waals surface area (Å²) in [6, 6.07) is 8.25. The van der Waals surface area contributed by atoms with Gasteiger partial charge in [0.15, 0.2) is 4.67 Å². The molecule has 3 rings (SSSR count). The SMILES string of the molecule is O=C1CC(=O)Nc2cc(C(O)c3ccc(Br)o3)ccc2N1. The molecule has 0 aliphatic carbocycles. The lowest BCUT2D eigenvalue weighted by Gasteiger charge is -2.12. The Morgan fingerprint density at radius 3 is 2.48 bits per heavy atom. The molecule has 21 heavy (non-hydrogen) atoms. The van der Waals surface area contributed by atoms with E-state index in [-0.39, 0.29) is 12.3 Å². The summed E-state index contributed by atoms with van der Waals surface area (Å²) in [6.07, 6.45) is -1.19. The Balaban J connectivity index is 1.95. The van der Waals surface area contributed by atoms with Gasteiger partial charge in [0.1, 0.15) is 18.3 Å². The molecule has 1 aliphatic heterocycles. The minimum Gasteiger partial charge on any atom is -0.451 e. The van der Waals surface area contributed by atoms with Gasteiger partial charge in [0, 0.05) is 0 Å². The number of rotatable bonds is 2. The molecule has 108 valence electrons. The first-order valence-corrected chi connectivity index (χ1v) is 6.99. The highest BCUT2D eigenvalue weighted by atomic mass is 79.9. The first-order valence-electron chi connectivity index (χ1n) is 6.20. The van der Waals surface area contributed by atoms with Gasteiger partial charge in [-0.2, -0.15) is 0 Å². The second-order valence-electron chi connectivity index (χ2n) is 4.62. The number of benzene rings is 1. The molecule has 1 unspecified atom stereocenters. The van der Waals surface area contributed by atoms with Gasteiger partial charge < -0.3 is 20.2 Å². The van der Waals surface area contributed by atoms with E-state index >= 15 is 0 Å². The second kappa shape index (κ2) is 5.34. The van der Waals surface area contributed by atoms with E-state index in [2.05, 4.69) is 26.6 Å². The van der Waals surface area contributed by atoms with Gasteiger partial charge in [-0.3, -0.25) is 9.59 Å². The molecular formula is C14H11BrN2O4. The van der Waals surface area contributed by atoms with Crippen molar-refractivity contribution < 1.29 is 19.1 Å². The van der Waals surface area contributed by atoms with Crippen LogP contribution in [0.3, 0.4) is 0 Å². The molecule has 6 nitrogen and oxygen atoms in total. The van der Waals surface area contributed by atoms with Crippen molar-refractivity contribution in [1.29, 1.82) is 0 Å². The molecule has 1 aromatic carbocycles. The maximum Gasteiger partial charge on any atom is 0.233 e. The molecule has 0 bridgehead atoms. The molecule has 0 fully saturated rings. The number of carbonyl (C=O) groups is 2. The third-order valence-corrected chi connectivity index (χ3v) is 3.52. The summed E-state index contributed by atoms with van der Waals surface area (Å²) in [4.78, 5) is 23.0. The lowest BCUT2D eigenvalue weighted by atomic mass is 10.1. The normalized spacial score (nSPS) is 15.7. The standard InChI is InChI=1S/C14H11BrN2O4/c15-11-4-3-10(21-11)14(20)7-1-2-8-9(5-7)17-13(19)6-12(18)16-8/h1-5,14,20H,6H2,(H,16,18)(H,17,19). The fourth-order valence-corrected chi connectivity index (χ4v) is 2.44. The summed E-state index contributed by atoms with van der Waals surface area (Å²) >= 11 is 3.18. The molecule has 1 atom stereocenters. The van der Waals surface area contributed by atoms with Crippen LogP contribution in [0.4, 0.5) is 11.4 Å². The molecule has 2 aromatic rings. The Hall–Kier alpha value is -2.12. The molecule has 0 saturated carbocycles. The lowest BCUT2D eigenvalue weighted by Crippen LogP contribution is -2.16. The predicted octanol–water partition coefficient (Wildman–Crippen LogP) is 2.40. The van der Waals surface area contributed by atoms with E-state index in [4.69, 9.17) is 4.42 Å². The summed E-state index contributed by atoms with van der Waals surface area (Å²) in [6.45, 7) is 0. The van der Waals surface area contributed by atoms with Crippen LogP contribution in [0.1, 0.15) is 23.8 Å². The highest BCUT2D eigenvalue weighted by Gasteiger charge is 2.21. The fourth-order valence-electron chi connectivity index (χ4n) is 2.12. The van der Waals surface area contributed by atoms with Gasteiger partial charge in [0.05, 0.1) is 11.4 Å². The number of aliphatic hydroxyl groups is 1. The third kappa shape index (κ3) is 2.84. The Morgan fingerprint density at radius 2 is 1.81 bits per heavy atom. The molecule has 2 heterocycles. The van der Waals surface area contributed by atoms with Gasteiger partial charge in [-0.25, -0.2) is 0 Å². The van der Waals surface area contributed by atoms with Crippen LogP contribution in [-0.4, -0.2) is 16.9 Å². The maximum atomic E-state index is 11.6. The molecule has 1 aliphatic rings. The zero-order valence-corrected chi connectivity index (χ0v) is 12.3. The summed E-state index contributed by atoms with van der Waals surface area (Å²) in [5, 5.41) is 15.5. The highest BCUT2D eigenvalue weighted by molar-refractivity contribution is 9.10. The quantitative estimate of drug-likeness (QED) is 0.725. The number of amides is 2. The van der Waals surface area contributed by atoms with Gasteiger partial charge in [-0.15, -0.1) is 0 Å². The average Bonchev–Trinajstić information content (AvgIpc) is 2.79. The summed E-state index contributed by atoms with van der Waals surface area (Å²) in [5.74, 6) is -0.376. The van der Waals surface area contributed by atoms with Crippen LogP contribution in [0.15, 0.2) is 39.4 Å². The molecule has 1 aromatic heterocycles. The van der Waals surface area contributed by atoms with Crippen molar-refractivity contribution >= 4 is 39.1 Å². The van der Waals surface area contributed by atoms with Crippen LogP contribution < -0.4 is 10.6 Å². The minimum absolute atomic E-state index is 0.225. The van der Waals surface area contributed by atoms with Crippen molar-refractivity contribution in [2.24, 2.45) is 0 Å². The number of aliphatic hydroxyl groups excluding tert-OH is 1. The van der Waals surface area contributed by atoms with Gasteiger partial charge >= 0.3 is 0 Å². The van der Waals surface area contributed by atoms with Crippen LogP contribution in [0, 0.1) is 0 Å². The number of fused-ring (bicyclic) bond motifs is 1. The summed E-state index contributed by atoms with van der Waals surface area (Å²) < 4.78 is 5.84. The largest absolute Gasteiger partial charge is 0.451 e. The molecule has 0 spiro atoms. The van der Waals surface area contributed by atoms with Gasteiger partial charge in [-0.1, -0.05) is 6.07 Å². The molecule has 2 amide bonds. The van der Waals surface area contributed by atoms with E-state index in [1.54, 1.807) is 30.3 Å². The topological polar surface area (TPSA) is 91.6 Å². The van der Waals surface area contributed by atoms with Crippen LogP contribution in [0.5, 0.6) is 0 Å². The van der Waals surface area contributed by atoms with Crippen molar-refractivity contribution in [1.82, 2.24) is 0 Å². The summed E-state index contributed by atoms with van der Waals surface area (Å²) in [7, 11) is 0. The van der Waals surface area contributed by atoms with Crippen molar-refractivity contribution in [3.05, 3.63) is 46.3 Å². The average molecular weight is 351 g/mol. The van der Waals surface area contributed by atoms with Crippen molar-refractivity contribution in [2.45, 2.75) is 12.5 Å². The highest BCUT2D eigenvalue weighted by Crippen LogP contribution is 2.32. The van der Waals surface area contributed by atoms with E-state index < -0.39 is 12.0 Å². The fraction of sp³-hybridized carbons (Fsp3) is 0.143. The monoisotopic (exact) mass is 350 g/mol. The Morgan fingerprint density at radius 1 is 1.10 bits per heavy atom. The van der Waals surface area contributed by atoms with Crippen LogP contribution in [-0.2, 0) is 9.59 Å². The van der Waals surface area contributed by atoms with Crippen molar-refractivity contribution in [3.63, 3.8) is 0 Å². The van der Waals surface area contributed by atoms with Gasteiger partial charge in [-0.05, 0) is 45.8 Å².